The van der Waals surface area contributed by atoms with Gasteiger partial charge in [-0.2, -0.15) is 4.31 Å². The zero-order valence-corrected chi connectivity index (χ0v) is 22.3. The number of carbonyl (C=O) groups excluding carboxylic acids is 1. The smallest absolute Gasteiger partial charge is 0.273 e. The molecule has 2 atom stereocenters. The largest absolute Gasteiger partial charge is 0.379 e. The first-order chi connectivity index (χ1) is 17.8. The summed E-state index contributed by atoms with van der Waals surface area (Å²) in [5, 5.41) is 6.89. The number of amides is 1. The number of likely N-dealkylation sites (N-methyl/N-ethyl adjacent to an activating group) is 1. The van der Waals surface area contributed by atoms with E-state index in [1.54, 1.807) is 18.2 Å². The SMILES string of the molecule is C[C@H]1C[C@@H](NC(=O)c2cc(C3CC3)on2)CCN1S(=O)(=O)c1ccc(N(C)CCN2CCOCC2)nc1. The molecule has 1 N–H and O–H groups in total. The molecule has 2 aliphatic heterocycles. The number of sulfonamides is 1. The summed E-state index contributed by atoms with van der Waals surface area (Å²) in [7, 11) is -1.73. The van der Waals surface area contributed by atoms with Gasteiger partial charge in [0.2, 0.25) is 10.0 Å². The van der Waals surface area contributed by atoms with E-state index in [0.29, 0.717) is 25.3 Å². The molecule has 11 nitrogen and oxygen atoms in total. The van der Waals surface area contributed by atoms with E-state index in [2.05, 4.69) is 20.4 Å². The molecule has 4 heterocycles. The van der Waals surface area contributed by atoms with Crippen molar-refractivity contribution < 1.29 is 22.5 Å². The highest BCUT2D eigenvalue weighted by molar-refractivity contribution is 7.89. The number of carbonyl (C=O) groups is 1. The molecule has 3 aliphatic rings. The van der Waals surface area contributed by atoms with Crippen molar-refractivity contribution in [1.82, 2.24) is 24.7 Å². The van der Waals surface area contributed by atoms with Crippen LogP contribution in [0.25, 0.3) is 0 Å². The lowest BCUT2D eigenvalue weighted by Gasteiger charge is -2.36. The van der Waals surface area contributed by atoms with E-state index in [0.717, 1.165) is 63.8 Å². The van der Waals surface area contributed by atoms with E-state index in [4.69, 9.17) is 9.26 Å². The van der Waals surface area contributed by atoms with Crippen LogP contribution in [0.5, 0.6) is 0 Å². The molecule has 3 fully saturated rings. The van der Waals surface area contributed by atoms with E-state index in [-0.39, 0.29) is 28.6 Å². The van der Waals surface area contributed by atoms with Gasteiger partial charge in [-0.25, -0.2) is 13.4 Å². The molecular formula is C25H36N6O5S. The van der Waals surface area contributed by atoms with Gasteiger partial charge in [-0.1, -0.05) is 5.16 Å². The van der Waals surface area contributed by atoms with Crippen molar-refractivity contribution in [3.63, 3.8) is 0 Å². The molecular weight excluding hydrogens is 496 g/mol. The Morgan fingerprint density at radius 2 is 1.97 bits per heavy atom. The number of rotatable bonds is 9. The van der Waals surface area contributed by atoms with Crippen LogP contribution >= 0.6 is 0 Å². The van der Waals surface area contributed by atoms with Gasteiger partial charge in [0.25, 0.3) is 5.91 Å². The summed E-state index contributed by atoms with van der Waals surface area (Å²) in [5.41, 5.74) is 0.283. The summed E-state index contributed by atoms with van der Waals surface area (Å²) in [6, 6.07) is 4.71. The van der Waals surface area contributed by atoms with Crippen LogP contribution in [0.2, 0.25) is 0 Å². The van der Waals surface area contributed by atoms with Gasteiger partial charge in [0.1, 0.15) is 16.5 Å². The maximum Gasteiger partial charge on any atom is 0.273 e. The zero-order chi connectivity index (χ0) is 26.0. The van der Waals surface area contributed by atoms with Gasteiger partial charge >= 0.3 is 0 Å². The monoisotopic (exact) mass is 532 g/mol. The van der Waals surface area contributed by atoms with E-state index in [9.17, 15) is 13.2 Å². The standard InChI is InChI=1S/C25H36N6O5S/c1-18-15-20(27-25(32)22-16-23(36-28-22)19-3-4-19)7-8-31(18)37(33,34)21-5-6-24(26-17-21)29(2)9-10-30-11-13-35-14-12-30/h5-6,16-20H,3-4,7-15H2,1-2H3,(H,27,32)/t18-,20-/m0/s1. The lowest BCUT2D eigenvalue weighted by Crippen LogP contribution is -2.50. The molecule has 0 aromatic carbocycles. The van der Waals surface area contributed by atoms with Crippen LogP contribution in [0, 0.1) is 0 Å². The molecule has 5 rings (SSSR count). The minimum absolute atomic E-state index is 0.129. The minimum Gasteiger partial charge on any atom is -0.379 e. The highest BCUT2D eigenvalue weighted by Crippen LogP contribution is 2.40. The Bertz CT molecular complexity index is 1180. The van der Waals surface area contributed by atoms with Gasteiger partial charge in [0.05, 0.1) is 13.2 Å². The van der Waals surface area contributed by atoms with Crippen molar-refractivity contribution in [3.05, 3.63) is 35.9 Å². The van der Waals surface area contributed by atoms with Gasteiger partial charge in [0, 0.05) is 70.0 Å². The molecule has 0 bridgehead atoms. The number of hydrogen-bond acceptors (Lipinski definition) is 9. The normalized spacial score (nSPS) is 23.6. The fourth-order valence-electron chi connectivity index (χ4n) is 4.97. The molecule has 12 heteroatoms. The fourth-order valence-corrected chi connectivity index (χ4v) is 6.57. The topological polar surface area (TPSA) is 121 Å². The van der Waals surface area contributed by atoms with Gasteiger partial charge in [-0.05, 0) is 44.7 Å². The maximum atomic E-state index is 13.4. The van der Waals surface area contributed by atoms with Gasteiger partial charge in [0.15, 0.2) is 5.69 Å². The van der Waals surface area contributed by atoms with Crippen molar-refractivity contribution in [2.45, 2.75) is 55.5 Å². The van der Waals surface area contributed by atoms with Gasteiger partial charge in [-0.15, -0.1) is 0 Å². The average molecular weight is 533 g/mol. The number of aromatic nitrogens is 2. The summed E-state index contributed by atoms with van der Waals surface area (Å²) >= 11 is 0. The predicted molar refractivity (Wildman–Crippen MR) is 137 cm³/mol. The number of anilines is 1. The molecule has 2 aromatic heterocycles. The van der Waals surface area contributed by atoms with Crippen LogP contribution in [0.4, 0.5) is 5.82 Å². The second-order valence-electron chi connectivity index (χ2n) is 10.3. The third-order valence-electron chi connectivity index (χ3n) is 7.46. The molecule has 1 saturated carbocycles. The number of piperidine rings is 1. The molecule has 2 saturated heterocycles. The number of hydrogen-bond donors (Lipinski definition) is 1. The van der Waals surface area contributed by atoms with Crippen LogP contribution in [-0.4, -0.2) is 98.7 Å². The Morgan fingerprint density at radius 1 is 1.19 bits per heavy atom. The third-order valence-corrected chi connectivity index (χ3v) is 9.46. The molecule has 1 amide bonds. The fraction of sp³-hybridized carbons (Fsp3) is 0.640. The molecule has 0 unspecified atom stereocenters. The van der Waals surface area contributed by atoms with Crippen LogP contribution in [0.1, 0.15) is 54.8 Å². The average Bonchev–Trinajstić information content (AvgIpc) is 3.63. The summed E-state index contributed by atoms with van der Waals surface area (Å²) in [6.07, 6.45) is 4.64. The zero-order valence-electron chi connectivity index (χ0n) is 21.5. The summed E-state index contributed by atoms with van der Waals surface area (Å²) in [5.74, 6) is 1.62. The lowest BCUT2D eigenvalue weighted by atomic mass is 10.0. The second kappa shape index (κ2) is 11.1. The Balaban J connectivity index is 1.14. The van der Waals surface area contributed by atoms with Crippen molar-refractivity contribution in [3.8, 4) is 0 Å². The van der Waals surface area contributed by atoms with E-state index in [1.807, 2.05) is 18.9 Å². The molecule has 37 heavy (non-hydrogen) atoms. The molecule has 2 aromatic rings. The molecule has 0 radical (unpaired) electrons. The number of morpholine rings is 1. The minimum atomic E-state index is -3.70. The first-order valence-electron chi connectivity index (χ1n) is 13.1. The van der Waals surface area contributed by atoms with Gasteiger partial charge in [-0.3, -0.25) is 9.69 Å². The lowest BCUT2D eigenvalue weighted by molar-refractivity contribution is 0.0392. The first kappa shape index (κ1) is 26.1. The van der Waals surface area contributed by atoms with Crippen molar-refractivity contribution in [1.29, 1.82) is 0 Å². The molecule has 0 spiro atoms. The summed E-state index contributed by atoms with van der Waals surface area (Å²) in [6.45, 7) is 7.28. The Labute approximate surface area is 218 Å². The Morgan fingerprint density at radius 3 is 2.65 bits per heavy atom. The quantitative estimate of drug-likeness (QED) is 0.514. The van der Waals surface area contributed by atoms with Crippen molar-refractivity contribution >= 4 is 21.7 Å². The van der Waals surface area contributed by atoms with Crippen LogP contribution in [0.3, 0.4) is 0 Å². The van der Waals surface area contributed by atoms with Gasteiger partial charge < -0.3 is 19.5 Å². The van der Waals surface area contributed by atoms with E-state index in [1.165, 1.54) is 10.5 Å². The van der Waals surface area contributed by atoms with Crippen LogP contribution in [-0.2, 0) is 14.8 Å². The van der Waals surface area contributed by atoms with Crippen LogP contribution < -0.4 is 10.2 Å². The summed E-state index contributed by atoms with van der Waals surface area (Å²) < 4.78 is 38.9. The molecule has 202 valence electrons. The first-order valence-corrected chi connectivity index (χ1v) is 14.5. The number of nitrogens with zero attached hydrogens (tertiary/aromatic N) is 5. The number of pyridine rings is 1. The van der Waals surface area contributed by atoms with E-state index >= 15 is 0 Å². The number of ether oxygens (including phenoxy) is 1. The second-order valence-corrected chi connectivity index (χ2v) is 12.2. The van der Waals surface area contributed by atoms with Crippen molar-refractivity contribution in [2.75, 3.05) is 57.9 Å². The maximum absolute atomic E-state index is 13.4. The third kappa shape index (κ3) is 6.14. The molecule has 1 aliphatic carbocycles. The summed E-state index contributed by atoms with van der Waals surface area (Å²) in [4.78, 5) is 21.6. The van der Waals surface area contributed by atoms with E-state index < -0.39 is 10.0 Å². The highest BCUT2D eigenvalue weighted by atomic mass is 32.2. The Kier molecular flexibility index (Phi) is 7.80. The number of nitrogens with one attached hydrogen (secondary N) is 1. The van der Waals surface area contributed by atoms with Crippen molar-refractivity contribution in [2.24, 2.45) is 0 Å². The predicted octanol–water partition coefficient (Wildman–Crippen LogP) is 1.69. The highest BCUT2D eigenvalue weighted by Gasteiger charge is 2.36. The Hall–Kier alpha value is -2.54. The van der Waals surface area contributed by atoms with Crippen LogP contribution in [0.15, 0.2) is 33.8 Å².